The third kappa shape index (κ3) is 2.64. The molecule has 22 heavy (non-hydrogen) atoms. The molecule has 0 aromatic carbocycles. The van der Waals surface area contributed by atoms with Crippen LogP contribution in [0.2, 0.25) is 0 Å². The van der Waals surface area contributed by atoms with Crippen molar-refractivity contribution in [2.24, 2.45) is 0 Å². The lowest BCUT2D eigenvalue weighted by molar-refractivity contribution is 0.0964. The molecule has 0 unspecified atom stereocenters. The SMILES string of the molecule is CN/C=C(\C=N)NC(=O)c1csc(-c2n[nH]c3c2CCC3)n1. The second-order valence-corrected chi connectivity index (χ2v) is 5.77. The van der Waals surface area contributed by atoms with Crippen LogP contribution in [0.15, 0.2) is 17.3 Å². The van der Waals surface area contributed by atoms with Crippen molar-refractivity contribution < 1.29 is 4.79 Å². The van der Waals surface area contributed by atoms with E-state index < -0.39 is 0 Å². The summed E-state index contributed by atoms with van der Waals surface area (Å²) in [5.41, 5.74) is 3.96. The number of amides is 1. The van der Waals surface area contributed by atoms with E-state index in [-0.39, 0.29) is 5.91 Å². The van der Waals surface area contributed by atoms with Gasteiger partial charge in [-0.15, -0.1) is 11.3 Å². The van der Waals surface area contributed by atoms with Crippen molar-refractivity contribution in [2.75, 3.05) is 7.05 Å². The molecule has 0 bridgehead atoms. The minimum atomic E-state index is -0.334. The van der Waals surface area contributed by atoms with Crippen molar-refractivity contribution >= 4 is 23.5 Å². The van der Waals surface area contributed by atoms with E-state index >= 15 is 0 Å². The number of aryl methyl sites for hydroxylation is 1. The maximum atomic E-state index is 12.1. The van der Waals surface area contributed by atoms with Gasteiger partial charge in [-0.3, -0.25) is 9.89 Å². The topological polar surface area (TPSA) is 107 Å². The number of thiazole rings is 1. The van der Waals surface area contributed by atoms with Gasteiger partial charge in [-0.2, -0.15) is 5.10 Å². The monoisotopic (exact) mass is 316 g/mol. The second kappa shape index (κ2) is 6.10. The highest BCUT2D eigenvalue weighted by Gasteiger charge is 2.22. The van der Waals surface area contributed by atoms with Crippen LogP contribution in [0.1, 0.15) is 28.2 Å². The predicted molar refractivity (Wildman–Crippen MR) is 85.1 cm³/mol. The Labute approximate surface area is 131 Å². The van der Waals surface area contributed by atoms with Gasteiger partial charge in [-0.05, 0) is 19.3 Å². The molecule has 8 heteroatoms. The Morgan fingerprint density at radius 1 is 1.50 bits per heavy atom. The maximum Gasteiger partial charge on any atom is 0.275 e. The number of hydrogen-bond acceptors (Lipinski definition) is 6. The lowest BCUT2D eigenvalue weighted by Gasteiger charge is -2.02. The van der Waals surface area contributed by atoms with Crippen molar-refractivity contribution in [1.29, 1.82) is 5.41 Å². The highest BCUT2D eigenvalue weighted by molar-refractivity contribution is 7.13. The zero-order valence-corrected chi connectivity index (χ0v) is 12.9. The summed E-state index contributed by atoms with van der Waals surface area (Å²) >= 11 is 1.40. The average Bonchev–Trinajstić information content (AvgIpc) is 3.21. The quantitative estimate of drug-likeness (QED) is 0.626. The largest absolute Gasteiger partial charge is 0.392 e. The summed E-state index contributed by atoms with van der Waals surface area (Å²) in [6.07, 6.45) is 5.78. The Morgan fingerprint density at radius 2 is 2.36 bits per heavy atom. The molecule has 0 spiro atoms. The normalized spacial score (nSPS) is 13.8. The smallest absolute Gasteiger partial charge is 0.275 e. The van der Waals surface area contributed by atoms with Gasteiger partial charge in [0.15, 0.2) is 0 Å². The first kappa shape index (κ1) is 14.5. The lowest BCUT2D eigenvalue weighted by atomic mass is 10.2. The van der Waals surface area contributed by atoms with Gasteiger partial charge < -0.3 is 16.0 Å². The lowest BCUT2D eigenvalue weighted by Crippen LogP contribution is -2.24. The third-order valence-corrected chi connectivity index (χ3v) is 4.31. The number of carbonyl (C=O) groups is 1. The molecule has 0 atom stereocenters. The minimum absolute atomic E-state index is 0.332. The molecular weight excluding hydrogens is 300 g/mol. The van der Waals surface area contributed by atoms with Crippen LogP contribution in [-0.2, 0) is 12.8 Å². The molecule has 1 aliphatic carbocycles. The van der Waals surface area contributed by atoms with Crippen LogP contribution in [0.3, 0.4) is 0 Å². The molecule has 2 heterocycles. The van der Waals surface area contributed by atoms with E-state index in [1.54, 1.807) is 18.6 Å². The van der Waals surface area contributed by atoms with Crippen molar-refractivity contribution in [3.63, 3.8) is 0 Å². The number of nitrogens with zero attached hydrogens (tertiary/aromatic N) is 2. The second-order valence-electron chi connectivity index (χ2n) is 4.91. The van der Waals surface area contributed by atoms with Gasteiger partial charge >= 0.3 is 0 Å². The number of H-pyrrole nitrogens is 1. The average molecular weight is 316 g/mol. The molecule has 0 aliphatic heterocycles. The molecule has 7 nitrogen and oxygen atoms in total. The van der Waals surface area contributed by atoms with Crippen LogP contribution >= 0.6 is 11.3 Å². The van der Waals surface area contributed by atoms with Crippen LogP contribution in [-0.4, -0.2) is 34.4 Å². The third-order valence-electron chi connectivity index (χ3n) is 3.46. The van der Waals surface area contributed by atoms with Gasteiger partial charge in [-0.25, -0.2) is 4.98 Å². The molecular formula is C14H16N6OS. The Kier molecular flexibility index (Phi) is 4.01. The molecule has 0 saturated carbocycles. The van der Waals surface area contributed by atoms with Gasteiger partial charge in [0.05, 0.1) is 5.70 Å². The summed E-state index contributed by atoms with van der Waals surface area (Å²) in [4.78, 5) is 16.5. The zero-order valence-electron chi connectivity index (χ0n) is 12.1. The Morgan fingerprint density at radius 3 is 3.14 bits per heavy atom. The Bertz CT molecular complexity index is 744. The summed E-state index contributed by atoms with van der Waals surface area (Å²) in [5, 5.41) is 22.5. The van der Waals surface area contributed by atoms with E-state index in [4.69, 9.17) is 5.41 Å². The van der Waals surface area contributed by atoms with E-state index in [9.17, 15) is 4.79 Å². The van der Waals surface area contributed by atoms with Gasteiger partial charge in [0.1, 0.15) is 16.4 Å². The van der Waals surface area contributed by atoms with Crippen LogP contribution in [0.5, 0.6) is 0 Å². The van der Waals surface area contributed by atoms with E-state index in [2.05, 4.69) is 25.8 Å². The number of aromatic amines is 1. The fraction of sp³-hybridized carbons (Fsp3) is 0.286. The van der Waals surface area contributed by atoms with Crippen molar-refractivity contribution in [3.8, 4) is 10.7 Å². The van der Waals surface area contributed by atoms with E-state index in [1.807, 2.05) is 0 Å². The van der Waals surface area contributed by atoms with Gasteiger partial charge in [0, 0.05) is 36.1 Å². The molecule has 3 rings (SSSR count). The molecule has 0 saturated heterocycles. The summed E-state index contributed by atoms with van der Waals surface area (Å²) in [6.45, 7) is 0. The molecule has 2 aromatic rings. The number of aromatic nitrogens is 3. The van der Waals surface area contributed by atoms with Gasteiger partial charge in [0.25, 0.3) is 5.91 Å². The Hall–Kier alpha value is -2.48. The molecule has 114 valence electrons. The van der Waals surface area contributed by atoms with E-state index in [0.29, 0.717) is 11.4 Å². The molecule has 0 radical (unpaired) electrons. The number of rotatable bonds is 5. The van der Waals surface area contributed by atoms with Crippen LogP contribution in [0.25, 0.3) is 10.7 Å². The highest BCUT2D eigenvalue weighted by atomic mass is 32.1. The van der Waals surface area contributed by atoms with Crippen molar-refractivity contribution in [1.82, 2.24) is 25.8 Å². The minimum Gasteiger partial charge on any atom is -0.392 e. The summed E-state index contributed by atoms with van der Waals surface area (Å²) in [5.74, 6) is -0.334. The van der Waals surface area contributed by atoms with E-state index in [0.717, 1.165) is 36.2 Å². The fourth-order valence-electron chi connectivity index (χ4n) is 2.45. The number of hydrogen-bond donors (Lipinski definition) is 4. The first-order valence-electron chi connectivity index (χ1n) is 6.94. The van der Waals surface area contributed by atoms with E-state index in [1.165, 1.54) is 22.6 Å². The number of allylic oxidation sites excluding steroid dienone is 1. The standard InChI is InChI=1S/C14H16N6OS/c1-16-6-8(5-15)17-13(21)11-7-22-14(18-11)12-9-3-2-4-10(9)19-20-12/h5-7,15-16H,2-4H2,1H3,(H,17,21)(H,19,20)/b8-6+,15-5?. The van der Waals surface area contributed by atoms with Crippen molar-refractivity contribution in [2.45, 2.75) is 19.3 Å². The highest BCUT2D eigenvalue weighted by Crippen LogP contribution is 2.31. The summed E-state index contributed by atoms with van der Waals surface area (Å²) < 4.78 is 0. The predicted octanol–water partition coefficient (Wildman–Crippen LogP) is 1.46. The van der Waals surface area contributed by atoms with Gasteiger partial charge in [0.2, 0.25) is 0 Å². The summed E-state index contributed by atoms with van der Waals surface area (Å²) in [6, 6.07) is 0. The Balaban J connectivity index is 1.80. The van der Waals surface area contributed by atoms with Crippen LogP contribution in [0, 0.1) is 5.41 Å². The zero-order chi connectivity index (χ0) is 15.5. The number of nitrogens with one attached hydrogen (secondary N) is 4. The number of carbonyl (C=O) groups excluding carboxylic acids is 1. The summed E-state index contributed by atoms with van der Waals surface area (Å²) in [7, 11) is 1.70. The molecule has 4 N–H and O–H groups in total. The first-order valence-corrected chi connectivity index (χ1v) is 7.82. The first-order chi connectivity index (χ1) is 10.7. The van der Waals surface area contributed by atoms with Crippen LogP contribution < -0.4 is 10.6 Å². The van der Waals surface area contributed by atoms with Crippen molar-refractivity contribution in [3.05, 3.63) is 34.2 Å². The maximum absolute atomic E-state index is 12.1. The fourth-order valence-corrected chi connectivity index (χ4v) is 3.26. The molecule has 1 aliphatic rings. The molecule has 2 aromatic heterocycles. The molecule has 0 fully saturated rings. The molecule has 1 amide bonds. The van der Waals surface area contributed by atoms with Gasteiger partial charge in [-0.1, -0.05) is 0 Å². The van der Waals surface area contributed by atoms with Crippen LogP contribution in [0.4, 0.5) is 0 Å². The number of fused-ring (bicyclic) bond motifs is 1.